The fourth-order valence-electron chi connectivity index (χ4n) is 5.46. The maximum atomic E-state index is 13.6. The molecule has 37 heavy (non-hydrogen) atoms. The molecule has 3 aliphatic rings. The highest BCUT2D eigenvalue weighted by molar-refractivity contribution is 5.99. The Morgan fingerprint density at radius 3 is 2.43 bits per heavy atom. The van der Waals surface area contributed by atoms with Gasteiger partial charge in [0.25, 0.3) is 5.91 Å². The smallest absolute Gasteiger partial charge is 0.251 e. The van der Waals surface area contributed by atoms with Gasteiger partial charge in [0.05, 0.1) is 13.2 Å². The van der Waals surface area contributed by atoms with Gasteiger partial charge in [0, 0.05) is 58.2 Å². The summed E-state index contributed by atoms with van der Waals surface area (Å²) >= 11 is 0. The molecule has 10 heteroatoms. The number of Topliss-reactive ketones (excluding diaryl/α,β-unsaturated/α-hetero) is 1. The molecule has 3 fully saturated rings. The van der Waals surface area contributed by atoms with Gasteiger partial charge < -0.3 is 29.3 Å². The van der Waals surface area contributed by atoms with Crippen molar-refractivity contribution >= 4 is 23.3 Å². The number of carbonyl (C=O) groups excluding carboxylic acids is 3. The number of anilines is 1. The third kappa shape index (κ3) is 6.31. The van der Waals surface area contributed by atoms with Crippen molar-refractivity contribution in [1.82, 2.24) is 15.1 Å². The highest BCUT2D eigenvalue weighted by Crippen LogP contribution is 2.30. The number of hydrogen-bond acceptors (Lipinski definition) is 8. The molecule has 3 heterocycles. The van der Waals surface area contributed by atoms with E-state index in [0.29, 0.717) is 12.0 Å². The van der Waals surface area contributed by atoms with E-state index in [2.05, 4.69) is 15.1 Å². The summed E-state index contributed by atoms with van der Waals surface area (Å²) in [5.74, 6) is -0.518. The Bertz CT molecular complexity index is 947. The number of ether oxygens (including phenoxy) is 3. The van der Waals surface area contributed by atoms with E-state index in [1.807, 2.05) is 26.0 Å². The fourth-order valence-corrected chi connectivity index (χ4v) is 5.46. The standard InChI is InChI=1S/C27H40N4O6/c1-18(2)15-21(27(34)31-16-23(36-4)25-24(31)22(32)17-37-25)28-26(33)19-5-7-20(8-6-19)30-11-9-29(10-12-30)13-14-35-3/h5-8,18,21,23-25H,9-17H2,1-4H3,(H,28,33)/t21-,23+,24+,25+/m0/s1. The molecule has 10 nitrogen and oxygen atoms in total. The second-order valence-corrected chi connectivity index (χ2v) is 10.5. The molecule has 0 spiro atoms. The number of rotatable bonds is 10. The molecule has 3 aliphatic heterocycles. The topological polar surface area (TPSA) is 101 Å². The minimum absolute atomic E-state index is 0.0191. The van der Waals surface area contributed by atoms with Gasteiger partial charge in [-0.3, -0.25) is 19.3 Å². The van der Waals surface area contributed by atoms with E-state index in [9.17, 15) is 14.4 Å². The first-order valence-electron chi connectivity index (χ1n) is 13.2. The van der Waals surface area contributed by atoms with Gasteiger partial charge in [-0.2, -0.15) is 0 Å². The minimum Gasteiger partial charge on any atom is -0.383 e. The van der Waals surface area contributed by atoms with E-state index in [1.54, 1.807) is 26.4 Å². The van der Waals surface area contributed by atoms with Crippen molar-refractivity contribution < 1.29 is 28.6 Å². The van der Waals surface area contributed by atoms with Crippen LogP contribution in [-0.4, -0.2) is 118 Å². The predicted molar refractivity (Wildman–Crippen MR) is 139 cm³/mol. The average Bonchev–Trinajstić information content (AvgIpc) is 3.47. The molecule has 0 aromatic heterocycles. The van der Waals surface area contributed by atoms with Crippen LogP contribution in [0.25, 0.3) is 0 Å². The number of fused-ring (bicyclic) bond motifs is 1. The average molecular weight is 517 g/mol. The predicted octanol–water partition coefficient (Wildman–Crippen LogP) is 0.793. The summed E-state index contributed by atoms with van der Waals surface area (Å²) in [6, 6.07) is 6.14. The zero-order valence-electron chi connectivity index (χ0n) is 22.4. The molecular formula is C27H40N4O6. The molecule has 1 aromatic carbocycles. The first-order valence-corrected chi connectivity index (χ1v) is 13.2. The van der Waals surface area contributed by atoms with E-state index in [1.165, 1.54) is 4.90 Å². The molecule has 1 N–H and O–H groups in total. The molecular weight excluding hydrogens is 476 g/mol. The van der Waals surface area contributed by atoms with Crippen LogP contribution in [0.5, 0.6) is 0 Å². The second kappa shape index (κ2) is 12.3. The molecule has 4 atom stereocenters. The molecule has 0 saturated carbocycles. The van der Waals surface area contributed by atoms with E-state index < -0.39 is 18.2 Å². The molecule has 4 rings (SSSR count). The highest BCUT2D eigenvalue weighted by Gasteiger charge is 2.53. The number of nitrogens with zero attached hydrogens (tertiary/aromatic N) is 3. The maximum absolute atomic E-state index is 13.6. The normalized spacial score (nSPS) is 25.0. The van der Waals surface area contributed by atoms with Crippen LogP contribution in [0.1, 0.15) is 30.6 Å². The first-order chi connectivity index (χ1) is 17.8. The third-order valence-corrected chi connectivity index (χ3v) is 7.51. The lowest BCUT2D eigenvalue weighted by molar-refractivity contribution is -0.138. The lowest BCUT2D eigenvalue weighted by Gasteiger charge is -2.36. The van der Waals surface area contributed by atoms with Crippen molar-refractivity contribution in [2.75, 3.05) is 71.6 Å². The Hall–Kier alpha value is -2.53. The van der Waals surface area contributed by atoms with Crippen molar-refractivity contribution in [2.45, 2.75) is 44.6 Å². The Morgan fingerprint density at radius 1 is 1.11 bits per heavy atom. The lowest BCUT2D eigenvalue weighted by Crippen LogP contribution is -2.52. The van der Waals surface area contributed by atoms with E-state index >= 15 is 0 Å². The summed E-state index contributed by atoms with van der Waals surface area (Å²) in [4.78, 5) is 45.5. The number of nitrogens with one attached hydrogen (secondary N) is 1. The van der Waals surface area contributed by atoms with Crippen LogP contribution in [0.4, 0.5) is 5.69 Å². The van der Waals surface area contributed by atoms with Crippen LogP contribution in [0.15, 0.2) is 24.3 Å². The van der Waals surface area contributed by atoms with Crippen LogP contribution in [-0.2, 0) is 23.8 Å². The highest BCUT2D eigenvalue weighted by atomic mass is 16.5. The monoisotopic (exact) mass is 516 g/mol. The zero-order valence-corrected chi connectivity index (χ0v) is 22.4. The number of methoxy groups -OCH3 is 2. The quantitative estimate of drug-likeness (QED) is 0.487. The van der Waals surface area contributed by atoms with Gasteiger partial charge in [-0.25, -0.2) is 0 Å². The van der Waals surface area contributed by atoms with Crippen LogP contribution >= 0.6 is 0 Å². The third-order valence-electron chi connectivity index (χ3n) is 7.51. The van der Waals surface area contributed by atoms with Gasteiger partial charge in [-0.05, 0) is 36.6 Å². The van der Waals surface area contributed by atoms with Crippen LogP contribution < -0.4 is 10.2 Å². The Labute approximate surface area is 219 Å². The van der Waals surface area contributed by atoms with E-state index in [-0.39, 0.29) is 42.8 Å². The Morgan fingerprint density at radius 2 is 1.81 bits per heavy atom. The number of ketones is 1. The fraction of sp³-hybridized carbons (Fsp3) is 0.667. The summed E-state index contributed by atoms with van der Waals surface area (Å²) in [6.45, 7) is 9.72. The number of hydrogen-bond donors (Lipinski definition) is 1. The first kappa shape index (κ1) is 27.5. The SMILES string of the molecule is COCCN1CCN(c2ccc(C(=O)N[C@@H](CC(C)C)C(=O)N3C[C@@H](OC)[C@H]4OCC(=O)[C@H]43)cc2)CC1. The summed E-state index contributed by atoms with van der Waals surface area (Å²) in [5.41, 5.74) is 1.57. The van der Waals surface area contributed by atoms with Crippen LogP contribution in [0.3, 0.4) is 0 Å². The molecule has 204 valence electrons. The lowest BCUT2D eigenvalue weighted by atomic mass is 10.0. The summed E-state index contributed by atoms with van der Waals surface area (Å²) in [6.07, 6.45) is -0.340. The Balaban J connectivity index is 1.39. The van der Waals surface area contributed by atoms with Gasteiger partial charge in [-0.15, -0.1) is 0 Å². The van der Waals surface area contributed by atoms with Crippen LogP contribution in [0.2, 0.25) is 0 Å². The number of amides is 2. The summed E-state index contributed by atoms with van der Waals surface area (Å²) in [7, 11) is 3.28. The van der Waals surface area contributed by atoms with Crippen molar-refractivity contribution in [1.29, 1.82) is 0 Å². The van der Waals surface area contributed by atoms with E-state index in [4.69, 9.17) is 14.2 Å². The van der Waals surface area contributed by atoms with Crippen LogP contribution in [0, 0.1) is 5.92 Å². The maximum Gasteiger partial charge on any atom is 0.251 e. The van der Waals surface area contributed by atoms with Crippen molar-refractivity contribution in [3.8, 4) is 0 Å². The molecule has 0 aliphatic carbocycles. The molecule has 1 aromatic rings. The van der Waals surface area contributed by atoms with E-state index in [0.717, 1.165) is 45.0 Å². The number of piperazine rings is 1. The molecule has 2 amide bonds. The number of likely N-dealkylation sites (tertiary alicyclic amines) is 1. The van der Waals surface area contributed by atoms with Crippen molar-refractivity contribution in [2.24, 2.45) is 5.92 Å². The second-order valence-electron chi connectivity index (χ2n) is 10.5. The Kier molecular flexibility index (Phi) is 9.17. The van der Waals surface area contributed by atoms with Gasteiger partial charge in [0.2, 0.25) is 5.91 Å². The molecule has 0 radical (unpaired) electrons. The van der Waals surface area contributed by atoms with Gasteiger partial charge in [-0.1, -0.05) is 13.8 Å². The molecule has 3 saturated heterocycles. The summed E-state index contributed by atoms with van der Waals surface area (Å²) < 4.78 is 16.3. The van der Waals surface area contributed by atoms with Gasteiger partial charge in [0.15, 0.2) is 5.78 Å². The molecule has 0 bridgehead atoms. The van der Waals surface area contributed by atoms with Crippen molar-refractivity contribution in [3.05, 3.63) is 29.8 Å². The zero-order chi connectivity index (χ0) is 26.5. The number of carbonyl (C=O) groups is 3. The van der Waals surface area contributed by atoms with Crippen molar-refractivity contribution in [3.63, 3.8) is 0 Å². The van der Waals surface area contributed by atoms with Gasteiger partial charge in [0.1, 0.15) is 30.9 Å². The minimum atomic E-state index is -0.739. The largest absolute Gasteiger partial charge is 0.383 e. The van der Waals surface area contributed by atoms with Gasteiger partial charge >= 0.3 is 0 Å². The number of benzene rings is 1. The molecule has 0 unspecified atom stereocenters. The summed E-state index contributed by atoms with van der Waals surface area (Å²) in [5, 5.41) is 2.94.